The molecule has 108 valence electrons. The molecule has 0 saturated heterocycles. The van der Waals surface area contributed by atoms with Crippen molar-refractivity contribution in [3.05, 3.63) is 38.5 Å². The molecule has 20 heavy (non-hydrogen) atoms. The Bertz CT molecular complexity index is 637. The van der Waals surface area contributed by atoms with Gasteiger partial charge in [-0.1, -0.05) is 0 Å². The van der Waals surface area contributed by atoms with E-state index >= 15 is 0 Å². The summed E-state index contributed by atoms with van der Waals surface area (Å²) in [6.45, 7) is 3.39. The first-order chi connectivity index (χ1) is 9.63. The van der Waals surface area contributed by atoms with Crippen LogP contribution in [0.4, 0.5) is 5.69 Å². The van der Waals surface area contributed by atoms with Crippen LogP contribution in [0.2, 0.25) is 0 Å². The van der Waals surface area contributed by atoms with Crippen LogP contribution in [0.25, 0.3) is 0 Å². The van der Waals surface area contributed by atoms with Gasteiger partial charge < -0.3 is 10.1 Å². The number of hydrogen-bond acceptors (Lipinski definition) is 5. The molecule has 0 radical (unpaired) electrons. The molecule has 0 aliphatic heterocycles. The van der Waals surface area contributed by atoms with Gasteiger partial charge in [-0.05, 0) is 22.9 Å². The molecule has 2 N–H and O–H groups in total. The molecule has 0 aliphatic carbocycles. The Morgan fingerprint density at radius 2 is 2.30 bits per heavy atom. The van der Waals surface area contributed by atoms with Crippen LogP contribution in [0.1, 0.15) is 11.3 Å². The summed E-state index contributed by atoms with van der Waals surface area (Å²) in [5.74, 6) is 0. The summed E-state index contributed by atoms with van der Waals surface area (Å²) < 4.78 is 6.77. The summed E-state index contributed by atoms with van der Waals surface area (Å²) in [6, 6.07) is 0. The van der Waals surface area contributed by atoms with Gasteiger partial charge in [-0.2, -0.15) is 10.2 Å². The van der Waals surface area contributed by atoms with Crippen LogP contribution >= 0.6 is 15.9 Å². The van der Waals surface area contributed by atoms with E-state index in [9.17, 15) is 4.79 Å². The average Bonchev–Trinajstić information content (AvgIpc) is 2.85. The van der Waals surface area contributed by atoms with Crippen molar-refractivity contribution in [3.8, 4) is 0 Å². The lowest BCUT2D eigenvalue weighted by Gasteiger charge is -2.10. The molecular formula is C12H16BrN5O2. The van der Waals surface area contributed by atoms with E-state index in [-0.39, 0.29) is 5.56 Å². The molecule has 0 aliphatic rings. The van der Waals surface area contributed by atoms with Gasteiger partial charge in [0, 0.05) is 24.9 Å². The van der Waals surface area contributed by atoms with E-state index in [1.807, 2.05) is 6.92 Å². The highest BCUT2D eigenvalue weighted by Gasteiger charge is 2.09. The van der Waals surface area contributed by atoms with E-state index in [4.69, 9.17) is 4.74 Å². The number of aryl methyl sites for hydroxylation is 1. The molecule has 8 heteroatoms. The number of hydrogen-bond donors (Lipinski definition) is 2. The van der Waals surface area contributed by atoms with Crippen molar-refractivity contribution in [1.29, 1.82) is 0 Å². The fraction of sp³-hybridized carbons (Fsp3) is 0.417. The lowest BCUT2D eigenvalue weighted by molar-refractivity contribution is 0.181. The van der Waals surface area contributed by atoms with Crippen molar-refractivity contribution >= 4 is 21.6 Å². The van der Waals surface area contributed by atoms with E-state index in [0.29, 0.717) is 29.9 Å². The van der Waals surface area contributed by atoms with E-state index in [1.54, 1.807) is 19.5 Å². The van der Waals surface area contributed by atoms with Crippen LogP contribution in [0, 0.1) is 6.92 Å². The number of aromatic nitrogens is 4. The van der Waals surface area contributed by atoms with Crippen molar-refractivity contribution in [2.24, 2.45) is 0 Å². The summed E-state index contributed by atoms with van der Waals surface area (Å²) in [7, 11) is 1.59. The van der Waals surface area contributed by atoms with Crippen LogP contribution < -0.4 is 10.9 Å². The molecule has 0 amide bonds. The Balaban J connectivity index is 2.11. The highest BCUT2D eigenvalue weighted by molar-refractivity contribution is 9.10. The maximum Gasteiger partial charge on any atom is 0.283 e. The second-order valence-electron chi connectivity index (χ2n) is 4.27. The zero-order valence-corrected chi connectivity index (χ0v) is 12.9. The standard InChI is InChI=1S/C12H16BrN5O2/c1-8-9(6-15-17-8)5-14-10-7-16-18(3-4-20-2)12(19)11(10)13/h6-7,14H,3-5H2,1-2H3,(H,15,17). The van der Waals surface area contributed by atoms with E-state index in [0.717, 1.165) is 11.3 Å². The second kappa shape index (κ2) is 6.67. The molecule has 0 aromatic carbocycles. The number of anilines is 1. The summed E-state index contributed by atoms with van der Waals surface area (Å²) >= 11 is 3.31. The second-order valence-corrected chi connectivity index (χ2v) is 5.06. The maximum atomic E-state index is 12.1. The quantitative estimate of drug-likeness (QED) is 0.827. The van der Waals surface area contributed by atoms with E-state index in [2.05, 4.69) is 36.5 Å². The van der Waals surface area contributed by atoms with Crippen molar-refractivity contribution in [2.75, 3.05) is 19.0 Å². The predicted octanol–water partition coefficient (Wildman–Crippen LogP) is 1.30. The van der Waals surface area contributed by atoms with Gasteiger partial charge in [-0.3, -0.25) is 9.89 Å². The van der Waals surface area contributed by atoms with Gasteiger partial charge in [0.25, 0.3) is 5.56 Å². The minimum Gasteiger partial charge on any atom is -0.383 e. The molecule has 2 aromatic heterocycles. The fourth-order valence-electron chi connectivity index (χ4n) is 1.67. The van der Waals surface area contributed by atoms with Crippen molar-refractivity contribution < 1.29 is 4.74 Å². The van der Waals surface area contributed by atoms with Crippen molar-refractivity contribution in [1.82, 2.24) is 20.0 Å². The molecule has 2 rings (SSSR count). The van der Waals surface area contributed by atoms with Gasteiger partial charge in [0.05, 0.1) is 31.2 Å². The normalized spacial score (nSPS) is 10.8. The molecule has 2 heterocycles. The van der Waals surface area contributed by atoms with E-state index < -0.39 is 0 Å². The minimum absolute atomic E-state index is 0.184. The monoisotopic (exact) mass is 341 g/mol. The first-order valence-corrected chi connectivity index (χ1v) is 6.90. The van der Waals surface area contributed by atoms with Crippen LogP contribution in [0.3, 0.4) is 0 Å². The number of H-pyrrole nitrogens is 1. The van der Waals surface area contributed by atoms with Gasteiger partial charge in [0.1, 0.15) is 4.47 Å². The molecule has 0 unspecified atom stereocenters. The summed E-state index contributed by atoms with van der Waals surface area (Å²) in [5.41, 5.74) is 2.51. The number of nitrogens with zero attached hydrogens (tertiary/aromatic N) is 3. The smallest absolute Gasteiger partial charge is 0.283 e. The summed E-state index contributed by atoms with van der Waals surface area (Å²) in [5, 5.41) is 14.1. The van der Waals surface area contributed by atoms with Gasteiger partial charge in [-0.15, -0.1) is 0 Å². The Hall–Kier alpha value is -1.67. The molecule has 0 saturated carbocycles. The third-order valence-corrected chi connectivity index (χ3v) is 3.66. The Morgan fingerprint density at radius 3 is 2.95 bits per heavy atom. The number of halogens is 1. The molecular weight excluding hydrogens is 326 g/mol. The number of ether oxygens (including phenoxy) is 1. The van der Waals surface area contributed by atoms with Gasteiger partial charge in [0.15, 0.2) is 0 Å². The third kappa shape index (κ3) is 3.26. The van der Waals surface area contributed by atoms with Crippen molar-refractivity contribution in [2.45, 2.75) is 20.0 Å². The lowest BCUT2D eigenvalue weighted by Crippen LogP contribution is -2.26. The zero-order chi connectivity index (χ0) is 14.5. The molecule has 0 bridgehead atoms. The number of aromatic amines is 1. The predicted molar refractivity (Wildman–Crippen MR) is 78.7 cm³/mol. The van der Waals surface area contributed by atoms with Gasteiger partial charge >= 0.3 is 0 Å². The highest BCUT2D eigenvalue weighted by atomic mass is 79.9. The Kier molecular flexibility index (Phi) is 4.91. The Labute approximate surface area is 124 Å². The number of rotatable bonds is 6. The van der Waals surface area contributed by atoms with Gasteiger partial charge in [0.2, 0.25) is 0 Å². The van der Waals surface area contributed by atoms with Crippen LogP contribution in [0.5, 0.6) is 0 Å². The zero-order valence-electron chi connectivity index (χ0n) is 11.3. The summed E-state index contributed by atoms with van der Waals surface area (Å²) in [6.07, 6.45) is 3.38. The molecule has 0 atom stereocenters. The Morgan fingerprint density at radius 1 is 1.50 bits per heavy atom. The molecule has 7 nitrogen and oxygen atoms in total. The topological polar surface area (TPSA) is 84.8 Å². The van der Waals surface area contributed by atoms with E-state index in [1.165, 1.54) is 4.68 Å². The largest absolute Gasteiger partial charge is 0.383 e. The third-order valence-electron chi connectivity index (χ3n) is 2.90. The maximum absolute atomic E-state index is 12.1. The SMILES string of the molecule is COCCn1ncc(NCc2cn[nH]c2C)c(Br)c1=O. The summed E-state index contributed by atoms with van der Waals surface area (Å²) in [4.78, 5) is 12.1. The van der Waals surface area contributed by atoms with Crippen molar-refractivity contribution in [3.63, 3.8) is 0 Å². The first kappa shape index (κ1) is 14.7. The van der Waals surface area contributed by atoms with Crippen LogP contribution in [-0.4, -0.2) is 33.7 Å². The number of nitrogens with one attached hydrogen (secondary N) is 2. The number of methoxy groups -OCH3 is 1. The fourth-order valence-corrected chi connectivity index (χ4v) is 2.12. The molecule has 0 spiro atoms. The van der Waals surface area contributed by atoms with Crippen LogP contribution in [-0.2, 0) is 17.8 Å². The first-order valence-electron chi connectivity index (χ1n) is 6.10. The lowest BCUT2D eigenvalue weighted by atomic mass is 10.2. The van der Waals surface area contributed by atoms with Gasteiger partial charge in [-0.25, -0.2) is 4.68 Å². The minimum atomic E-state index is -0.184. The average molecular weight is 342 g/mol. The molecule has 2 aromatic rings. The van der Waals surface area contributed by atoms with Crippen LogP contribution in [0.15, 0.2) is 21.7 Å². The highest BCUT2D eigenvalue weighted by Crippen LogP contribution is 2.17. The molecule has 0 fully saturated rings.